The van der Waals surface area contributed by atoms with Gasteiger partial charge in [0.15, 0.2) is 11.6 Å². The number of halogens is 4. The molecule has 0 heterocycles. The van der Waals surface area contributed by atoms with Gasteiger partial charge >= 0.3 is 6.36 Å². The van der Waals surface area contributed by atoms with Gasteiger partial charge in [0.25, 0.3) is 5.91 Å². The van der Waals surface area contributed by atoms with Crippen LogP contribution in [0.5, 0.6) is 5.75 Å². The van der Waals surface area contributed by atoms with Crippen molar-refractivity contribution >= 4 is 5.91 Å². The van der Waals surface area contributed by atoms with E-state index in [-0.39, 0.29) is 5.56 Å². The van der Waals surface area contributed by atoms with E-state index < -0.39 is 23.8 Å². The molecule has 0 saturated carbocycles. The van der Waals surface area contributed by atoms with E-state index in [0.717, 1.165) is 43.9 Å². The summed E-state index contributed by atoms with van der Waals surface area (Å²) in [6.07, 6.45) is -1.06. The first kappa shape index (κ1) is 17.3. The fourth-order valence-corrected chi connectivity index (χ4v) is 1.71. The second kappa shape index (κ2) is 7.85. The summed E-state index contributed by atoms with van der Waals surface area (Å²) in [5.74, 6) is -2.71. The first-order valence-electron chi connectivity index (χ1n) is 6.67. The quantitative estimate of drug-likeness (QED) is 0.610. The molecule has 0 spiro atoms. The molecule has 0 fully saturated rings. The molecule has 7 heteroatoms. The largest absolute Gasteiger partial charge is 0.573 e. The highest BCUT2D eigenvalue weighted by atomic mass is 19.4. The minimum Gasteiger partial charge on any atom is -0.403 e. The number of hydrogen-bond donors (Lipinski definition) is 1. The number of ether oxygens (including phenoxy) is 1. The Morgan fingerprint density at radius 1 is 1.24 bits per heavy atom. The highest BCUT2D eigenvalue weighted by Gasteiger charge is 2.32. The van der Waals surface area contributed by atoms with E-state index >= 15 is 0 Å². The van der Waals surface area contributed by atoms with Crippen LogP contribution >= 0.6 is 0 Å². The monoisotopic (exact) mass is 307 g/mol. The number of alkyl halides is 3. The molecule has 1 amide bonds. The van der Waals surface area contributed by atoms with Crippen LogP contribution in [0.15, 0.2) is 18.2 Å². The molecule has 0 bridgehead atoms. The predicted molar refractivity (Wildman–Crippen MR) is 69.6 cm³/mol. The Labute approximate surface area is 120 Å². The van der Waals surface area contributed by atoms with Crippen LogP contribution in [0.4, 0.5) is 17.6 Å². The number of unbranched alkanes of at least 4 members (excludes halogenated alkanes) is 3. The molecule has 0 unspecified atom stereocenters. The Hall–Kier alpha value is -1.79. The van der Waals surface area contributed by atoms with Gasteiger partial charge in [-0.15, -0.1) is 13.2 Å². The Bertz CT molecular complexity index is 475. The van der Waals surface area contributed by atoms with Gasteiger partial charge in [0, 0.05) is 12.1 Å². The lowest BCUT2D eigenvalue weighted by Gasteiger charge is -2.10. The summed E-state index contributed by atoms with van der Waals surface area (Å²) in [4.78, 5) is 11.7. The maximum Gasteiger partial charge on any atom is 0.573 e. The van der Waals surface area contributed by atoms with Gasteiger partial charge in [-0.1, -0.05) is 26.2 Å². The molecular weight excluding hydrogens is 290 g/mol. The van der Waals surface area contributed by atoms with Gasteiger partial charge in [0.05, 0.1) is 0 Å². The zero-order valence-corrected chi connectivity index (χ0v) is 11.6. The van der Waals surface area contributed by atoms with Crippen molar-refractivity contribution in [1.29, 1.82) is 0 Å². The summed E-state index contributed by atoms with van der Waals surface area (Å²) in [5.41, 5.74) is -0.0440. The van der Waals surface area contributed by atoms with Crippen LogP contribution in [0.25, 0.3) is 0 Å². The molecule has 0 aliphatic rings. The van der Waals surface area contributed by atoms with Crippen molar-refractivity contribution in [2.24, 2.45) is 0 Å². The lowest BCUT2D eigenvalue weighted by molar-refractivity contribution is -0.275. The van der Waals surface area contributed by atoms with Gasteiger partial charge in [-0.25, -0.2) is 4.39 Å². The molecule has 0 saturated heterocycles. The van der Waals surface area contributed by atoms with E-state index in [1.165, 1.54) is 0 Å². The van der Waals surface area contributed by atoms with Crippen LogP contribution < -0.4 is 10.1 Å². The summed E-state index contributed by atoms with van der Waals surface area (Å²) in [5, 5.41) is 2.58. The Morgan fingerprint density at radius 2 is 1.95 bits per heavy atom. The van der Waals surface area contributed by atoms with E-state index in [2.05, 4.69) is 17.0 Å². The molecule has 118 valence electrons. The summed E-state index contributed by atoms with van der Waals surface area (Å²) in [6.45, 7) is 2.51. The van der Waals surface area contributed by atoms with Crippen molar-refractivity contribution in [1.82, 2.24) is 5.32 Å². The summed E-state index contributed by atoms with van der Waals surface area (Å²) >= 11 is 0. The van der Waals surface area contributed by atoms with Crippen molar-refractivity contribution in [2.75, 3.05) is 6.54 Å². The van der Waals surface area contributed by atoms with Crippen LogP contribution in [-0.2, 0) is 0 Å². The van der Waals surface area contributed by atoms with E-state index in [4.69, 9.17) is 0 Å². The van der Waals surface area contributed by atoms with E-state index in [0.29, 0.717) is 6.54 Å². The minimum atomic E-state index is -4.97. The second-order valence-electron chi connectivity index (χ2n) is 4.51. The first-order chi connectivity index (χ1) is 9.83. The van der Waals surface area contributed by atoms with Crippen LogP contribution in [0.3, 0.4) is 0 Å². The molecule has 1 aromatic rings. The smallest absolute Gasteiger partial charge is 0.403 e. The predicted octanol–water partition coefficient (Wildman–Crippen LogP) is 4.03. The van der Waals surface area contributed by atoms with Gasteiger partial charge in [-0.2, -0.15) is 0 Å². The SMILES string of the molecule is CCCCCCNC(=O)c1ccc(OC(F)(F)F)c(F)c1. The molecule has 0 atom stereocenters. The molecule has 3 nitrogen and oxygen atoms in total. The Kier molecular flexibility index (Phi) is 6.45. The second-order valence-corrected chi connectivity index (χ2v) is 4.51. The highest BCUT2D eigenvalue weighted by Crippen LogP contribution is 2.26. The lowest BCUT2D eigenvalue weighted by Crippen LogP contribution is -2.24. The van der Waals surface area contributed by atoms with E-state index in [1.54, 1.807) is 0 Å². The van der Waals surface area contributed by atoms with Gasteiger partial charge in [0.2, 0.25) is 0 Å². The molecule has 0 aliphatic carbocycles. The maximum absolute atomic E-state index is 13.4. The average molecular weight is 307 g/mol. The molecule has 1 N–H and O–H groups in total. The van der Waals surface area contributed by atoms with Crippen LogP contribution in [-0.4, -0.2) is 18.8 Å². The highest BCUT2D eigenvalue weighted by molar-refractivity contribution is 5.94. The van der Waals surface area contributed by atoms with Crippen LogP contribution in [0, 0.1) is 5.82 Å². The normalized spacial score (nSPS) is 11.3. The van der Waals surface area contributed by atoms with Crippen LogP contribution in [0.1, 0.15) is 43.0 Å². The maximum atomic E-state index is 13.4. The Morgan fingerprint density at radius 3 is 2.52 bits per heavy atom. The standard InChI is InChI=1S/C14H17F4NO2/c1-2-3-4-5-8-19-13(20)10-6-7-12(11(15)9-10)21-14(16,17)18/h6-7,9H,2-5,8H2,1H3,(H,19,20). The minimum absolute atomic E-state index is 0.0440. The molecule has 1 rings (SSSR count). The zero-order valence-electron chi connectivity index (χ0n) is 11.6. The summed E-state index contributed by atoms with van der Waals surface area (Å²) in [7, 11) is 0. The topological polar surface area (TPSA) is 38.3 Å². The molecule has 0 aliphatic heterocycles. The van der Waals surface area contributed by atoms with E-state index in [9.17, 15) is 22.4 Å². The number of carbonyl (C=O) groups excluding carboxylic acids is 1. The molecule has 21 heavy (non-hydrogen) atoms. The number of carbonyl (C=O) groups is 1. The fourth-order valence-electron chi connectivity index (χ4n) is 1.71. The summed E-state index contributed by atoms with van der Waals surface area (Å²) < 4.78 is 52.9. The van der Waals surface area contributed by atoms with Crippen LogP contribution in [0.2, 0.25) is 0 Å². The number of rotatable bonds is 7. The molecule has 0 aromatic heterocycles. The average Bonchev–Trinajstić information content (AvgIpc) is 2.39. The third-order valence-electron chi connectivity index (χ3n) is 2.74. The number of amides is 1. The molecular formula is C14H17F4NO2. The number of benzene rings is 1. The first-order valence-corrected chi connectivity index (χ1v) is 6.67. The van der Waals surface area contributed by atoms with Crippen molar-refractivity contribution in [3.63, 3.8) is 0 Å². The third kappa shape index (κ3) is 6.46. The number of hydrogen-bond acceptors (Lipinski definition) is 2. The van der Waals surface area contributed by atoms with Gasteiger partial charge in [0.1, 0.15) is 0 Å². The van der Waals surface area contributed by atoms with Gasteiger partial charge < -0.3 is 10.1 Å². The molecule has 0 radical (unpaired) electrons. The Balaban J connectivity index is 2.56. The lowest BCUT2D eigenvalue weighted by atomic mass is 10.2. The van der Waals surface area contributed by atoms with Crippen molar-refractivity contribution in [3.05, 3.63) is 29.6 Å². The van der Waals surface area contributed by atoms with Crippen molar-refractivity contribution in [3.8, 4) is 5.75 Å². The van der Waals surface area contributed by atoms with Crippen molar-refractivity contribution < 1.29 is 27.1 Å². The van der Waals surface area contributed by atoms with Gasteiger partial charge in [-0.3, -0.25) is 4.79 Å². The zero-order chi connectivity index (χ0) is 15.9. The number of nitrogens with one attached hydrogen (secondary N) is 1. The van der Waals surface area contributed by atoms with E-state index in [1.807, 2.05) is 0 Å². The fraction of sp³-hybridized carbons (Fsp3) is 0.500. The van der Waals surface area contributed by atoms with Crippen molar-refractivity contribution in [2.45, 2.75) is 39.0 Å². The molecule has 1 aromatic carbocycles. The summed E-state index contributed by atoms with van der Waals surface area (Å²) in [6, 6.07) is 2.60. The third-order valence-corrected chi connectivity index (χ3v) is 2.74. The van der Waals surface area contributed by atoms with Gasteiger partial charge in [-0.05, 0) is 24.6 Å².